The van der Waals surface area contributed by atoms with Crippen molar-refractivity contribution in [1.29, 1.82) is 0 Å². The summed E-state index contributed by atoms with van der Waals surface area (Å²) >= 11 is 0. The third-order valence-corrected chi connectivity index (χ3v) is 4.34. The quantitative estimate of drug-likeness (QED) is 0.528. The highest BCUT2D eigenvalue weighted by molar-refractivity contribution is 7.51. The van der Waals surface area contributed by atoms with E-state index in [9.17, 15) is 4.57 Å². The molecular weight excluding hydrogens is 237 g/mol. The van der Waals surface area contributed by atoms with E-state index >= 15 is 0 Å². The molecule has 0 N–H and O–H groups in total. The Kier molecular flexibility index (Phi) is 10.1. The van der Waals surface area contributed by atoms with E-state index in [-0.39, 0.29) is 0 Å². The van der Waals surface area contributed by atoms with Crippen LogP contribution < -0.4 is 0 Å². The van der Waals surface area contributed by atoms with Crippen LogP contribution in [0.3, 0.4) is 0 Å². The molecule has 0 aliphatic carbocycles. The van der Waals surface area contributed by atoms with Gasteiger partial charge >= 0.3 is 7.75 Å². The molecule has 0 bridgehead atoms. The van der Waals surface area contributed by atoms with E-state index in [1.54, 1.807) is 0 Å². The summed E-state index contributed by atoms with van der Waals surface area (Å²) in [5.41, 5.74) is 0. The number of rotatable bonds is 11. The zero-order chi connectivity index (χ0) is 13.1. The molecule has 104 valence electrons. The van der Waals surface area contributed by atoms with Gasteiger partial charge in [0.05, 0.1) is 13.2 Å². The Labute approximate surface area is 106 Å². The lowest BCUT2D eigenvalue weighted by Gasteiger charge is -2.29. The molecule has 0 aromatic rings. The lowest BCUT2D eigenvalue weighted by atomic mass is 10.4. The lowest BCUT2D eigenvalue weighted by molar-refractivity contribution is 0.155. The Balaban J connectivity index is 4.62. The highest BCUT2D eigenvalue weighted by atomic mass is 31.2. The second-order valence-corrected chi connectivity index (χ2v) is 6.11. The smallest absolute Gasteiger partial charge is 0.297 e. The highest BCUT2D eigenvalue weighted by Crippen LogP contribution is 2.52. The van der Waals surface area contributed by atoms with Crippen molar-refractivity contribution >= 4 is 7.75 Å². The summed E-state index contributed by atoms with van der Waals surface area (Å²) in [4.78, 5) is 0. The third kappa shape index (κ3) is 6.56. The molecule has 0 atom stereocenters. The van der Waals surface area contributed by atoms with Gasteiger partial charge < -0.3 is 0 Å². The monoisotopic (exact) mass is 265 g/mol. The Morgan fingerprint density at radius 1 is 0.824 bits per heavy atom. The molecule has 5 heteroatoms. The van der Waals surface area contributed by atoms with E-state index in [0.29, 0.717) is 13.2 Å². The van der Waals surface area contributed by atoms with Gasteiger partial charge in [-0.2, -0.15) is 0 Å². The summed E-state index contributed by atoms with van der Waals surface area (Å²) in [6, 6.07) is 0. The van der Waals surface area contributed by atoms with Gasteiger partial charge in [-0.15, -0.1) is 0 Å². The van der Waals surface area contributed by atoms with Crippen LogP contribution in [0.2, 0.25) is 0 Å². The van der Waals surface area contributed by atoms with E-state index in [2.05, 4.69) is 13.8 Å². The summed E-state index contributed by atoms with van der Waals surface area (Å²) in [5, 5.41) is 0. The fourth-order valence-corrected chi connectivity index (χ4v) is 3.60. The van der Waals surface area contributed by atoms with Gasteiger partial charge in [0.25, 0.3) is 0 Å². The molecule has 0 amide bonds. The van der Waals surface area contributed by atoms with Gasteiger partial charge in [-0.05, 0) is 25.7 Å². The molecule has 0 saturated heterocycles. The fourth-order valence-electron chi connectivity index (χ4n) is 1.49. The summed E-state index contributed by atoms with van der Waals surface area (Å²) in [6.45, 7) is 10.7. The van der Waals surface area contributed by atoms with E-state index in [1.165, 1.54) is 0 Å². The largest absolute Gasteiger partial charge is 0.408 e. The second kappa shape index (κ2) is 10.1. The van der Waals surface area contributed by atoms with Crippen LogP contribution in [0.4, 0.5) is 0 Å². The minimum absolute atomic E-state index is 0.491. The van der Waals surface area contributed by atoms with Crippen LogP contribution in [0.25, 0.3) is 0 Å². The maximum absolute atomic E-state index is 12.7. The highest BCUT2D eigenvalue weighted by Gasteiger charge is 2.32. The molecule has 0 aromatic heterocycles. The van der Waals surface area contributed by atoms with Crippen molar-refractivity contribution in [1.82, 2.24) is 4.67 Å². The van der Waals surface area contributed by atoms with Crippen molar-refractivity contribution in [3.8, 4) is 0 Å². The molecule has 0 radical (unpaired) electrons. The second-order valence-electron chi connectivity index (χ2n) is 4.09. The number of hydrogen-bond acceptors (Lipinski definition) is 3. The van der Waals surface area contributed by atoms with E-state index in [1.807, 2.05) is 18.5 Å². The predicted octanol–water partition coefficient (Wildman–Crippen LogP) is 4.07. The van der Waals surface area contributed by atoms with Crippen LogP contribution in [-0.2, 0) is 13.6 Å². The molecule has 17 heavy (non-hydrogen) atoms. The molecule has 0 aliphatic heterocycles. The van der Waals surface area contributed by atoms with Crippen molar-refractivity contribution in [2.24, 2.45) is 0 Å². The van der Waals surface area contributed by atoms with E-state index < -0.39 is 7.75 Å². The number of hydrogen-bond donors (Lipinski definition) is 0. The molecule has 0 aliphatic rings. The average Bonchev–Trinajstić information content (AvgIpc) is 2.33. The fraction of sp³-hybridized carbons (Fsp3) is 1.00. The van der Waals surface area contributed by atoms with Crippen molar-refractivity contribution in [2.45, 2.75) is 53.4 Å². The van der Waals surface area contributed by atoms with Crippen molar-refractivity contribution < 1.29 is 13.6 Å². The normalized spacial score (nSPS) is 12.3. The zero-order valence-corrected chi connectivity index (χ0v) is 12.7. The lowest BCUT2D eigenvalue weighted by Crippen LogP contribution is -2.25. The first-order chi connectivity index (χ1) is 8.14. The molecule has 4 nitrogen and oxygen atoms in total. The van der Waals surface area contributed by atoms with Crippen LogP contribution >= 0.6 is 7.75 Å². The molecule has 0 rings (SSSR count). The van der Waals surface area contributed by atoms with E-state index in [4.69, 9.17) is 9.05 Å². The molecular formula is C12H28NO3P. The minimum Gasteiger partial charge on any atom is -0.297 e. The van der Waals surface area contributed by atoms with Gasteiger partial charge in [0.1, 0.15) is 0 Å². The maximum atomic E-state index is 12.7. The molecule has 0 aromatic carbocycles. The van der Waals surface area contributed by atoms with Crippen LogP contribution in [0.15, 0.2) is 0 Å². The SMILES string of the molecule is CCCOP(=O)(OCCC)N(CCC)CCC. The van der Waals surface area contributed by atoms with Gasteiger partial charge in [-0.25, -0.2) is 9.24 Å². The summed E-state index contributed by atoms with van der Waals surface area (Å²) in [5.74, 6) is 0. The average molecular weight is 265 g/mol. The maximum Gasteiger partial charge on any atom is 0.408 e. The van der Waals surface area contributed by atoms with Gasteiger partial charge in [0, 0.05) is 13.1 Å². The summed E-state index contributed by atoms with van der Waals surface area (Å²) in [6.07, 6.45) is 3.61. The molecule has 0 unspecified atom stereocenters. The first-order valence-electron chi connectivity index (χ1n) is 6.79. The van der Waals surface area contributed by atoms with Gasteiger partial charge in [-0.1, -0.05) is 27.7 Å². The Morgan fingerprint density at radius 2 is 1.24 bits per heavy atom. The van der Waals surface area contributed by atoms with Crippen molar-refractivity contribution in [3.05, 3.63) is 0 Å². The predicted molar refractivity (Wildman–Crippen MR) is 72.2 cm³/mol. The summed E-state index contributed by atoms with van der Waals surface area (Å²) in [7, 11) is -3.06. The Morgan fingerprint density at radius 3 is 1.53 bits per heavy atom. The molecule has 0 heterocycles. The summed E-state index contributed by atoms with van der Waals surface area (Å²) < 4.78 is 25.6. The first kappa shape index (κ1) is 17.1. The molecule has 0 saturated carbocycles. The third-order valence-electron chi connectivity index (χ3n) is 2.23. The minimum atomic E-state index is -3.06. The molecule has 0 spiro atoms. The van der Waals surface area contributed by atoms with Crippen molar-refractivity contribution in [2.75, 3.05) is 26.3 Å². The van der Waals surface area contributed by atoms with Crippen LogP contribution in [0, 0.1) is 0 Å². The standard InChI is InChI=1S/C12H28NO3P/c1-5-9-13(10-6-2)17(14,15-11-7-3)16-12-8-4/h5-12H2,1-4H3. The van der Waals surface area contributed by atoms with Crippen molar-refractivity contribution in [3.63, 3.8) is 0 Å². The van der Waals surface area contributed by atoms with Crippen LogP contribution in [0.5, 0.6) is 0 Å². The first-order valence-corrected chi connectivity index (χ1v) is 8.28. The topological polar surface area (TPSA) is 38.8 Å². The molecule has 0 fully saturated rings. The van der Waals surface area contributed by atoms with Crippen LogP contribution in [0.1, 0.15) is 53.4 Å². The van der Waals surface area contributed by atoms with Gasteiger partial charge in [0.15, 0.2) is 0 Å². The Hall–Kier alpha value is 0.110. The van der Waals surface area contributed by atoms with Crippen LogP contribution in [-0.4, -0.2) is 31.0 Å². The van der Waals surface area contributed by atoms with E-state index in [0.717, 1.165) is 38.8 Å². The number of nitrogens with zero attached hydrogens (tertiary/aromatic N) is 1. The zero-order valence-electron chi connectivity index (χ0n) is 11.8. The Bertz CT molecular complexity index is 206. The van der Waals surface area contributed by atoms with Gasteiger partial charge in [0.2, 0.25) is 0 Å². The van der Waals surface area contributed by atoms with Gasteiger partial charge in [-0.3, -0.25) is 9.05 Å².